The van der Waals surface area contributed by atoms with Crippen molar-refractivity contribution in [2.75, 3.05) is 0 Å². The minimum atomic E-state index is -0.453. The Hall–Kier alpha value is -2.35. The molecule has 1 atom stereocenters. The van der Waals surface area contributed by atoms with E-state index in [4.69, 9.17) is 33.7 Å². The first-order chi connectivity index (χ1) is 10.5. The van der Waals surface area contributed by atoms with Gasteiger partial charge in [0.05, 0.1) is 10.9 Å². The van der Waals surface area contributed by atoms with Gasteiger partial charge in [0, 0.05) is 16.7 Å². The maximum atomic E-state index is 9.73. The fourth-order valence-corrected chi connectivity index (χ4v) is 2.87. The average molecular weight is 333 g/mol. The summed E-state index contributed by atoms with van der Waals surface area (Å²) < 4.78 is 5.44. The summed E-state index contributed by atoms with van der Waals surface area (Å²) in [6.07, 6.45) is 0. The van der Waals surface area contributed by atoms with Gasteiger partial charge in [0.1, 0.15) is 23.1 Å². The smallest absolute Gasteiger partial charge is 0.205 e. The molecular formula is C16H10Cl2N2O2. The molecule has 0 aliphatic carbocycles. The van der Waals surface area contributed by atoms with Crippen LogP contribution in [0.15, 0.2) is 47.9 Å². The molecule has 1 aliphatic rings. The lowest BCUT2D eigenvalue weighted by Crippen LogP contribution is -2.21. The van der Waals surface area contributed by atoms with Crippen molar-refractivity contribution in [3.63, 3.8) is 0 Å². The number of hydrogen-bond acceptors (Lipinski definition) is 4. The summed E-state index contributed by atoms with van der Waals surface area (Å²) in [5, 5.41) is 19.9. The highest BCUT2D eigenvalue weighted by Gasteiger charge is 2.31. The molecule has 0 bridgehead atoms. The van der Waals surface area contributed by atoms with Gasteiger partial charge in [-0.3, -0.25) is 0 Å². The van der Waals surface area contributed by atoms with Crippen LogP contribution in [0.2, 0.25) is 10.0 Å². The van der Waals surface area contributed by atoms with Gasteiger partial charge in [0.15, 0.2) is 0 Å². The molecule has 2 aromatic carbocycles. The van der Waals surface area contributed by atoms with E-state index in [-0.39, 0.29) is 22.2 Å². The second-order valence-corrected chi connectivity index (χ2v) is 5.66. The van der Waals surface area contributed by atoms with Gasteiger partial charge in [0.25, 0.3) is 0 Å². The molecule has 0 aromatic heterocycles. The lowest BCUT2D eigenvalue weighted by atomic mass is 9.83. The normalized spacial score (nSPS) is 16.7. The van der Waals surface area contributed by atoms with Crippen LogP contribution in [0.5, 0.6) is 11.5 Å². The number of nitrogens with zero attached hydrogens (tertiary/aromatic N) is 1. The molecule has 0 fully saturated rings. The molecule has 0 saturated carbocycles. The predicted molar refractivity (Wildman–Crippen MR) is 83.9 cm³/mol. The van der Waals surface area contributed by atoms with E-state index < -0.39 is 5.92 Å². The fraction of sp³-hybridized carbons (Fsp3) is 0.0625. The molecule has 2 aromatic rings. The van der Waals surface area contributed by atoms with Crippen LogP contribution in [-0.4, -0.2) is 5.11 Å². The van der Waals surface area contributed by atoms with Gasteiger partial charge >= 0.3 is 0 Å². The molecule has 0 radical (unpaired) electrons. The van der Waals surface area contributed by atoms with Crippen LogP contribution in [0.3, 0.4) is 0 Å². The zero-order valence-electron chi connectivity index (χ0n) is 11.2. The van der Waals surface area contributed by atoms with Gasteiger partial charge in [-0.25, -0.2) is 0 Å². The third-order valence-electron chi connectivity index (χ3n) is 3.47. The number of rotatable bonds is 1. The number of phenols is 1. The molecule has 0 spiro atoms. The minimum absolute atomic E-state index is 0.00157. The van der Waals surface area contributed by atoms with Crippen molar-refractivity contribution in [2.45, 2.75) is 5.92 Å². The van der Waals surface area contributed by atoms with Crippen LogP contribution in [0, 0.1) is 11.3 Å². The highest BCUT2D eigenvalue weighted by atomic mass is 35.5. The maximum Gasteiger partial charge on any atom is 0.205 e. The van der Waals surface area contributed by atoms with E-state index in [1.807, 2.05) is 6.07 Å². The first-order valence-electron chi connectivity index (χ1n) is 6.36. The molecular weight excluding hydrogens is 323 g/mol. The quantitative estimate of drug-likeness (QED) is 0.829. The molecule has 0 unspecified atom stereocenters. The summed E-state index contributed by atoms with van der Waals surface area (Å²) >= 11 is 12.0. The van der Waals surface area contributed by atoms with Crippen molar-refractivity contribution in [1.82, 2.24) is 0 Å². The van der Waals surface area contributed by atoms with Crippen LogP contribution in [0.4, 0.5) is 0 Å². The number of aromatic hydroxyl groups is 1. The van der Waals surface area contributed by atoms with Crippen LogP contribution < -0.4 is 10.5 Å². The Bertz CT molecular complexity index is 841. The molecule has 1 aliphatic heterocycles. The number of allylic oxidation sites excluding steroid dienone is 1. The van der Waals surface area contributed by atoms with Gasteiger partial charge in [-0.2, -0.15) is 5.26 Å². The molecule has 1 heterocycles. The Morgan fingerprint density at radius 2 is 2.00 bits per heavy atom. The van der Waals surface area contributed by atoms with Crippen molar-refractivity contribution < 1.29 is 9.84 Å². The van der Waals surface area contributed by atoms with Gasteiger partial charge < -0.3 is 15.6 Å². The van der Waals surface area contributed by atoms with Crippen molar-refractivity contribution in [1.29, 1.82) is 5.26 Å². The number of phenolic OH excluding ortho intramolecular Hbond substituents is 1. The molecule has 3 rings (SSSR count). The van der Waals surface area contributed by atoms with E-state index in [2.05, 4.69) is 6.07 Å². The summed E-state index contributed by atoms with van der Waals surface area (Å²) in [6, 6.07) is 12.2. The molecule has 0 saturated heterocycles. The number of fused-ring (bicyclic) bond motifs is 1. The number of nitriles is 1. The van der Waals surface area contributed by atoms with E-state index in [9.17, 15) is 10.4 Å². The van der Waals surface area contributed by atoms with Gasteiger partial charge in [-0.15, -0.1) is 0 Å². The summed E-state index contributed by atoms with van der Waals surface area (Å²) in [7, 11) is 0. The average Bonchev–Trinajstić information content (AvgIpc) is 2.48. The Kier molecular flexibility index (Phi) is 3.61. The number of benzene rings is 2. The second-order valence-electron chi connectivity index (χ2n) is 4.82. The number of nitrogens with two attached hydrogens (primary N) is 1. The van der Waals surface area contributed by atoms with E-state index in [0.29, 0.717) is 16.3 Å². The topological polar surface area (TPSA) is 79.3 Å². The van der Waals surface area contributed by atoms with E-state index >= 15 is 0 Å². The summed E-state index contributed by atoms with van der Waals surface area (Å²) in [4.78, 5) is 0. The highest BCUT2D eigenvalue weighted by molar-refractivity contribution is 6.32. The Labute approximate surface area is 136 Å². The molecule has 22 heavy (non-hydrogen) atoms. The standard InChI is InChI=1S/C16H10Cl2N2O2/c17-9-3-1-2-8(4-9)15-10-5-12(18)13(21)6-14(10)22-16(20)11(15)7-19/h1-6,15,21H,20H2/t15-/m1/s1. The van der Waals surface area contributed by atoms with Crippen molar-refractivity contribution >= 4 is 23.2 Å². The number of ether oxygens (including phenoxy) is 1. The lowest BCUT2D eigenvalue weighted by molar-refractivity contribution is 0.388. The molecule has 3 N–H and O–H groups in total. The summed E-state index contributed by atoms with van der Waals surface area (Å²) in [5.41, 5.74) is 7.56. The first kappa shape index (κ1) is 14.6. The third-order valence-corrected chi connectivity index (χ3v) is 4.00. The minimum Gasteiger partial charge on any atom is -0.506 e. The molecule has 110 valence electrons. The largest absolute Gasteiger partial charge is 0.506 e. The van der Waals surface area contributed by atoms with Crippen molar-refractivity contribution in [3.05, 3.63) is 69.0 Å². The molecule has 0 amide bonds. The fourth-order valence-electron chi connectivity index (χ4n) is 2.50. The van der Waals surface area contributed by atoms with E-state index in [1.54, 1.807) is 24.3 Å². The Morgan fingerprint density at radius 1 is 1.23 bits per heavy atom. The van der Waals surface area contributed by atoms with Crippen LogP contribution in [0.1, 0.15) is 17.0 Å². The Balaban J connectivity index is 2.27. The predicted octanol–water partition coefficient (Wildman–Crippen LogP) is 3.92. The maximum absolute atomic E-state index is 9.73. The second kappa shape index (κ2) is 5.45. The van der Waals surface area contributed by atoms with E-state index in [0.717, 1.165) is 5.56 Å². The molecule has 4 nitrogen and oxygen atoms in total. The number of halogens is 2. The zero-order chi connectivity index (χ0) is 15.9. The lowest BCUT2D eigenvalue weighted by Gasteiger charge is -2.26. The monoisotopic (exact) mass is 332 g/mol. The van der Waals surface area contributed by atoms with Gasteiger partial charge in [-0.1, -0.05) is 35.3 Å². The van der Waals surface area contributed by atoms with Gasteiger partial charge in [0.2, 0.25) is 5.88 Å². The SMILES string of the molecule is N#CC1=C(N)Oc2cc(O)c(Cl)cc2[C@H]1c1cccc(Cl)c1. The highest BCUT2D eigenvalue weighted by Crippen LogP contribution is 2.45. The summed E-state index contributed by atoms with van der Waals surface area (Å²) in [5.74, 6) is -0.200. The number of hydrogen-bond donors (Lipinski definition) is 2. The zero-order valence-corrected chi connectivity index (χ0v) is 12.7. The summed E-state index contributed by atoms with van der Waals surface area (Å²) in [6.45, 7) is 0. The third kappa shape index (κ3) is 2.35. The van der Waals surface area contributed by atoms with Crippen LogP contribution >= 0.6 is 23.2 Å². The van der Waals surface area contributed by atoms with Crippen molar-refractivity contribution in [2.24, 2.45) is 5.73 Å². The van der Waals surface area contributed by atoms with Crippen LogP contribution in [0.25, 0.3) is 0 Å². The molecule has 6 heteroatoms. The van der Waals surface area contributed by atoms with E-state index in [1.165, 1.54) is 6.07 Å². The van der Waals surface area contributed by atoms with Crippen LogP contribution in [-0.2, 0) is 0 Å². The first-order valence-corrected chi connectivity index (χ1v) is 7.12. The Morgan fingerprint density at radius 3 is 2.68 bits per heavy atom. The van der Waals surface area contributed by atoms with Crippen molar-refractivity contribution in [3.8, 4) is 17.6 Å². The van der Waals surface area contributed by atoms with Gasteiger partial charge in [-0.05, 0) is 23.8 Å².